The number of imidazole rings is 1. The molecule has 0 saturated carbocycles. The highest BCUT2D eigenvalue weighted by Gasteiger charge is 2.18. The minimum atomic E-state index is 0.574. The summed E-state index contributed by atoms with van der Waals surface area (Å²) in [6.07, 6.45) is 24.1. The molecule has 0 amide bonds. The van der Waals surface area contributed by atoms with Crippen molar-refractivity contribution in [3.8, 4) is 0 Å². The number of rotatable bonds is 16. The average molecular weight is 350 g/mol. The Balaban J connectivity index is 2.09. The van der Waals surface area contributed by atoms with Crippen LogP contribution in [0.4, 0.5) is 0 Å². The van der Waals surface area contributed by atoms with Crippen molar-refractivity contribution in [2.45, 2.75) is 130 Å². The second-order valence-electron chi connectivity index (χ2n) is 8.05. The first-order valence-electron chi connectivity index (χ1n) is 11.3. The van der Waals surface area contributed by atoms with Crippen LogP contribution in [0.15, 0.2) is 12.4 Å². The highest BCUT2D eigenvalue weighted by Crippen LogP contribution is 2.14. The molecule has 0 atom stereocenters. The molecule has 1 rings (SSSR count). The van der Waals surface area contributed by atoms with E-state index in [-0.39, 0.29) is 0 Å². The zero-order valence-electron chi connectivity index (χ0n) is 17.7. The number of nitrogens with zero attached hydrogens (tertiary/aromatic N) is 2. The van der Waals surface area contributed by atoms with Crippen LogP contribution in [-0.2, 0) is 13.0 Å². The van der Waals surface area contributed by atoms with Crippen LogP contribution in [0.2, 0.25) is 0 Å². The number of hydrogen-bond acceptors (Lipinski definition) is 0. The van der Waals surface area contributed by atoms with Gasteiger partial charge in [0.15, 0.2) is 0 Å². The molecule has 0 bridgehead atoms. The third-order valence-electron chi connectivity index (χ3n) is 5.31. The van der Waals surface area contributed by atoms with Crippen molar-refractivity contribution < 1.29 is 4.57 Å². The summed E-state index contributed by atoms with van der Waals surface area (Å²) < 4.78 is 4.94. The first-order chi connectivity index (χ1) is 12.2. The summed E-state index contributed by atoms with van der Waals surface area (Å²) >= 11 is 0. The Morgan fingerprint density at radius 3 is 1.76 bits per heavy atom. The molecule has 2 heteroatoms. The average Bonchev–Trinajstić information content (AvgIpc) is 2.99. The minimum Gasteiger partial charge on any atom is -0.234 e. The molecule has 0 aliphatic rings. The maximum absolute atomic E-state index is 2.47. The van der Waals surface area contributed by atoms with Crippen molar-refractivity contribution in [3.63, 3.8) is 0 Å². The van der Waals surface area contributed by atoms with E-state index in [1.54, 1.807) is 0 Å². The standard InChI is InChI=1S/C23H45N2/c1-5-7-8-9-10-11-12-13-14-15-16-17-18-23-24(19-6-2)20-21-25(23)22(3)4/h20-22H,5-19H2,1-4H3/q+1. The Bertz CT molecular complexity index is 420. The van der Waals surface area contributed by atoms with Gasteiger partial charge in [0.05, 0.1) is 12.6 Å². The first kappa shape index (κ1) is 22.3. The van der Waals surface area contributed by atoms with Crippen molar-refractivity contribution in [1.29, 1.82) is 0 Å². The van der Waals surface area contributed by atoms with E-state index in [0.717, 1.165) is 6.54 Å². The molecular formula is C23H45N2+. The number of aryl methyl sites for hydroxylation is 1. The van der Waals surface area contributed by atoms with Gasteiger partial charge in [-0.05, 0) is 26.7 Å². The molecule has 0 fully saturated rings. The summed E-state index contributed by atoms with van der Waals surface area (Å²) in [6.45, 7) is 10.3. The molecule has 1 aromatic heterocycles. The van der Waals surface area contributed by atoms with Crippen LogP contribution in [0.25, 0.3) is 0 Å². The van der Waals surface area contributed by atoms with Gasteiger partial charge in [-0.1, -0.05) is 84.5 Å². The molecule has 146 valence electrons. The quantitative estimate of drug-likeness (QED) is 0.224. The molecule has 0 aliphatic carbocycles. The van der Waals surface area contributed by atoms with Gasteiger partial charge in [-0.2, -0.15) is 0 Å². The van der Waals surface area contributed by atoms with Crippen LogP contribution in [0.1, 0.15) is 123 Å². The van der Waals surface area contributed by atoms with Gasteiger partial charge in [-0.25, -0.2) is 9.13 Å². The summed E-state index contributed by atoms with van der Waals surface area (Å²) in [7, 11) is 0. The van der Waals surface area contributed by atoms with Crippen molar-refractivity contribution in [1.82, 2.24) is 4.57 Å². The third-order valence-corrected chi connectivity index (χ3v) is 5.31. The predicted octanol–water partition coefficient (Wildman–Crippen LogP) is 7.01. The molecule has 0 unspecified atom stereocenters. The zero-order valence-corrected chi connectivity index (χ0v) is 17.7. The molecule has 25 heavy (non-hydrogen) atoms. The fourth-order valence-electron chi connectivity index (χ4n) is 3.78. The lowest BCUT2D eigenvalue weighted by Gasteiger charge is -2.07. The lowest BCUT2D eigenvalue weighted by atomic mass is 10.0. The molecule has 0 aliphatic heterocycles. The maximum Gasteiger partial charge on any atom is 0.256 e. The maximum atomic E-state index is 2.47. The Morgan fingerprint density at radius 1 is 0.760 bits per heavy atom. The molecule has 2 nitrogen and oxygen atoms in total. The molecule has 0 aromatic carbocycles. The van der Waals surface area contributed by atoms with Crippen molar-refractivity contribution >= 4 is 0 Å². The first-order valence-corrected chi connectivity index (χ1v) is 11.3. The number of hydrogen-bond donors (Lipinski definition) is 0. The van der Waals surface area contributed by atoms with Crippen LogP contribution >= 0.6 is 0 Å². The van der Waals surface area contributed by atoms with E-state index in [9.17, 15) is 0 Å². The summed E-state index contributed by atoms with van der Waals surface area (Å²) in [4.78, 5) is 0. The van der Waals surface area contributed by atoms with Crippen LogP contribution in [0.3, 0.4) is 0 Å². The number of aromatic nitrogens is 2. The van der Waals surface area contributed by atoms with Crippen LogP contribution in [0.5, 0.6) is 0 Å². The SMILES string of the molecule is CCCCCCCCCCCCCCc1n(C(C)C)cc[n+]1CCC. The Labute approximate surface area is 158 Å². The smallest absolute Gasteiger partial charge is 0.234 e. The minimum absolute atomic E-state index is 0.574. The third kappa shape index (κ3) is 9.47. The normalized spacial score (nSPS) is 11.6. The highest BCUT2D eigenvalue weighted by atomic mass is 15.2. The van der Waals surface area contributed by atoms with E-state index < -0.39 is 0 Å². The Hall–Kier alpha value is -0.790. The van der Waals surface area contributed by atoms with Crippen molar-refractivity contribution in [2.75, 3.05) is 0 Å². The lowest BCUT2D eigenvalue weighted by molar-refractivity contribution is -0.704. The van der Waals surface area contributed by atoms with Crippen LogP contribution < -0.4 is 4.57 Å². The molecule has 0 radical (unpaired) electrons. The molecule has 0 N–H and O–H groups in total. The Morgan fingerprint density at radius 2 is 1.28 bits per heavy atom. The molecule has 1 heterocycles. The van der Waals surface area contributed by atoms with Gasteiger partial charge in [0, 0.05) is 6.42 Å². The second-order valence-corrected chi connectivity index (χ2v) is 8.05. The van der Waals surface area contributed by atoms with E-state index in [0.29, 0.717) is 6.04 Å². The Kier molecular flexibility index (Phi) is 12.8. The van der Waals surface area contributed by atoms with Crippen LogP contribution in [0, 0.1) is 0 Å². The monoisotopic (exact) mass is 349 g/mol. The van der Waals surface area contributed by atoms with E-state index in [2.05, 4.69) is 49.2 Å². The largest absolute Gasteiger partial charge is 0.256 e. The van der Waals surface area contributed by atoms with Gasteiger partial charge in [-0.3, -0.25) is 0 Å². The van der Waals surface area contributed by atoms with Crippen molar-refractivity contribution in [2.24, 2.45) is 0 Å². The van der Waals surface area contributed by atoms with E-state index in [1.165, 1.54) is 95.7 Å². The van der Waals surface area contributed by atoms with Crippen molar-refractivity contribution in [3.05, 3.63) is 18.2 Å². The summed E-state index contributed by atoms with van der Waals surface area (Å²) in [5.74, 6) is 1.53. The van der Waals surface area contributed by atoms with Crippen LogP contribution in [-0.4, -0.2) is 4.57 Å². The summed E-state index contributed by atoms with van der Waals surface area (Å²) in [5.41, 5.74) is 0. The zero-order chi connectivity index (χ0) is 18.3. The van der Waals surface area contributed by atoms with E-state index in [1.807, 2.05) is 0 Å². The molecule has 1 aromatic rings. The molecule has 0 saturated heterocycles. The summed E-state index contributed by atoms with van der Waals surface area (Å²) in [5, 5.41) is 0. The lowest BCUT2D eigenvalue weighted by Crippen LogP contribution is -2.37. The van der Waals surface area contributed by atoms with Gasteiger partial charge in [0.1, 0.15) is 12.4 Å². The van der Waals surface area contributed by atoms with Gasteiger partial charge in [0.25, 0.3) is 5.82 Å². The van der Waals surface area contributed by atoms with Gasteiger partial charge >= 0.3 is 0 Å². The molecular weight excluding hydrogens is 304 g/mol. The molecule has 0 spiro atoms. The predicted molar refractivity (Wildman–Crippen MR) is 110 cm³/mol. The fraction of sp³-hybridized carbons (Fsp3) is 0.870. The summed E-state index contributed by atoms with van der Waals surface area (Å²) in [6, 6.07) is 0.574. The van der Waals surface area contributed by atoms with E-state index >= 15 is 0 Å². The van der Waals surface area contributed by atoms with Gasteiger partial charge in [-0.15, -0.1) is 0 Å². The number of unbranched alkanes of at least 4 members (excludes halogenated alkanes) is 11. The highest BCUT2D eigenvalue weighted by molar-refractivity contribution is 4.86. The van der Waals surface area contributed by atoms with E-state index in [4.69, 9.17) is 0 Å². The topological polar surface area (TPSA) is 8.81 Å². The second kappa shape index (κ2) is 14.4. The van der Waals surface area contributed by atoms with Gasteiger partial charge in [0.2, 0.25) is 0 Å². The van der Waals surface area contributed by atoms with Gasteiger partial charge < -0.3 is 0 Å². The fourth-order valence-corrected chi connectivity index (χ4v) is 3.78.